The fourth-order valence-corrected chi connectivity index (χ4v) is 1.93. The van der Waals surface area contributed by atoms with Gasteiger partial charge in [-0.1, -0.05) is 26.0 Å². The molecule has 2 rings (SSSR count). The smallest absolute Gasteiger partial charge is 0.320 e. The number of carbonyl (C=O) groups excluding carboxylic acids is 1. The lowest BCUT2D eigenvalue weighted by molar-refractivity contribution is 0.210. The van der Waals surface area contributed by atoms with Gasteiger partial charge in [-0.05, 0) is 30.0 Å². The minimum absolute atomic E-state index is 0.0101. The molecule has 3 nitrogen and oxygen atoms in total. The summed E-state index contributed by atoms with van der Waals surface area (Å²) in [5.74, 6) is 0.492. The molecule has 0 saturated heterocycles. The Morgan fingerprint density at radius 3 is 2.81 bits per heavy atom. The maximum absolute atomic E-state index is 11.7. The van der Waals surface area contributed by atoms with Crippen LogP contribution in [0, 0.1) is 0 Å². The lowest BCUT2D eigenvalue weighted by Gasteiger charge is -2.28. The minimum atomic E-state index is 0.0101. The summed E-state index contributed by atoms with van der Waals surface area (Å²) >= 11 is 0. The number of benzene rings is 1. The first kappa shape index (κ1) is 11.0. The van der Waals surface area contributed by atoms with Crippen molar-refractivity contribution in [1.82, 2.24) is 4.90 Å². The lowest BCUT2D eigenvalue weighted by Crippen LogP contribution is -2.38. The Kier molecular flexibility index (Phi) is 2.86. The molecule has 0 atom stereocenters. The summed E-state index contributed by atoms with van der Waals surface area (Å²) in [5.41, 5.74) is 3.44. The molecule has 0 radical (unpaired) electrons. The molecule has 0 bridgehead atoms. The van der Waals surface area contributed by atoms with Gasteiger partial charge in [-0.3, -0.25) is 0 Å². The molecular formula is C13H18N2O. The number of hydrogen-bond donors (Lipinski definition) is 1. The van der Waals surface area contributed by atoms with E-state index in [1.165, 1.54) is 11.1 Å². The molecule has 0 aliphatic carbocycles. The van der Waals surface area contributed by atoms with Crippen LogP contribution in [0.5, 0.6) is 0 Å². The second-order valence-electron chi connectivity index (χ2n) is 4.52. The summed E-state index contributed by atoms with van der Waals surface area (Å²) in [4.78, 5) is 13.5. The molecule has 1 aliphatic heterocycles. The maximum atomic E-state index is 11.7. The molecule has 1 aromatic rings. The predicted molar refractivity (Wildman–Crippen MR) is 65.6 cm³/mol. The monoisotopic (exact) mass is 218 g/mol. The van der Waals surface area contributed by atoms with E-state index >= 15 is 0 Å². The molecule has 2 amide bonds. The van der Waals surface area contributed by atoms with Crippen LogP contribution >= 0.6 is 0 Å². The van der Waals surface area contributed by atoms with Crippen molar-refractivity contribution in [3.05, 3.63) is 29.3 Å². The Hall–Kier alpha value is -1.51. The Morgan fingerprint density at radius 2 is 2.19 bits per heavy atom. The average molecular weight is 218 g/mol. The first-order chi connectivity index (χ1) is 7.61. The molecule has 0 unspecified atom stereocenters. The molecule has 1 N–H and O–H groups in total. The number of carbonyl (C=O) groups is 1. The van der Waals surface area contributed by atoms with Gasteiger partial charge in [0.2, 0.25) is 0 Å². The summed E-state index contributed by atoms with van der Waals surface area (Å²) in [7, 11) is 0. The molecule has 1 aliphatic rings. The van der Waals surface area contributed by atoms with Gasteiger partial charge in [0.1, 0.15) is 0 Å². The van der Waals surface area contributed by atoms with Crippen LogP contribution in [0.3, 0.4) is 0 Å². The quantitative estimate of drug-likeness (QED) is 0.812. The van der Waals surface area contributed by atoms with E-state index in [4.69, 9.17) is 0 Å². The van der Waals surface area contributed by atoms with Crippen LogP contribution in [0.2, 0.25) is 0 Å². The third-order valence-corrected chi connectivity index (χ3v) is 3.07. The van der Waals surface area contributed by atoms with E-state index in [-0.39, 0.29) is 6.03 Å². The van der Waals surface area contributed by atoms with Gasteiger partial charge in [0.05, 0.1) is 0 Å². The van der Waals surface area contributed by atoms with E-state index in [2.05, 4.69) is 37.4 Å². The van der Waals surface area contributed by atoms with Gasteiger partial charge in [-0.2, -0.15) is 0 Å². The van der Waals surface area contributed by atoms with Gasteiger partial charge in [-0.25, -0.2) is 4.79 Å². The van der Waals surface area contributed by atoms with Gasteiger partial charge in [0.15, 0.2) is 0 Å². The Morgan fingerprint density at radius 1 is 1.44 bits per heavy atom. The first-order valence-electron chi connectivity index (χ1n) is 5.80. The molecule has 16 heavy (non-hydrogen) atoms. The highest BCUT2D eigenvalue weighted by atomic mass is 16.2. The third kappa shape index (κ3) is 1.90. The summed E-state index contributed by atoms with van der Waals surface area (Å²) in [6.07, 6.45) is 0. The fourth-order valence-electron chi connectivity index (χ4n) is 1.93. The number of hydrogen-bond acceptors (Lipinski definition) is 1. The lowest BCUT2D eigenvalue weighted by atomic mass is 9.99. The van der Waals surface area contributed by atoms with Gasteiger partial charge >= 0.3 is 6.03 Å². The molecule has 0 fully saturated rings. The van der Waals surface area contributed by atoms with Gasteiger partial charge in [-0.15, -0.1) is 0 Å². The van der Waals surface area contributed by atoms with Crippen molar-refractivity contribution in [3.63, 3.8) is 0 Å². The van der Waals surface area contributed by atoms with Crippen molar-refractivity contribution >= 4 is 11.7 Å². The van der Waals surface area contributed by atoms with Crippen LogP contribution in [0.25, 0.3) is 0 Å². The molecule has 1 heterocycles. The Balaban J connectivity index is 2.32. The van der Waals surface area contributed by atoms with Gasteiger partial charge in [0, 0.05) is 18.8 Å². The van der Waals surface area contributed by atoms with Crippen LogP contribution in [0.1, 0.15) is 37.8 Å². The second kappa shape index (κ2) is 4.16. The zero-order valence-electron chi connectivity index (χ0n) is 10.1. The number of rotatable bonds is 2. The highest BCUT2D eigenvalue weighted by Crippen LogP contribution is 2.27. The number of amides is 2. The van der Waals surface area contributed by atoms with Crippen molar-refractivity contribution in [2.75, 3.05) is 11.9 Å². The molecular weight excluding hydrogens is 200 g/mol. The summed E-state index contributed by atoms with van der Waals surface area (Å²) < 4.78 is 0. The Labute approximate surface area is 96.5 Å². The van der Waals surface area contributed by atoms with Crippen LogP contribution in [-0.4, -0.2) is 17.5 Å². The maximum Gasteiger partial charge on any atom is 0.322 e. The Bertz CT molecular complexity index is 412. The fraction of sp³-hybridized carbons (Fsp3) is 0.462. The minimum Gasteiger partial charge on any atom is -0.320 e. The second-order valence-corrected chi connectivity index (χ2v) is 4.52. The van der Waals surface area contributed by atoms with Crippen molar-refractivity contribution in [2.24, 2.45) is 0 Å². The molecule has 0 saturated carbocycles. The van der Waals surface area contributed by atoms with Crippen LogP contribution in [-0.2, 0) is 6.54 Å². The highest BCUT2D eigenvalue weighted by Gasteiger charge is 2.21. The van der Waals surface area contributed by atoms with E-state index in [0.717, 1.165) is 18.8 Å². The average Bonchev–Trinajstić information content (AvgIpc) is 2.27. The van der Waals surface area contributed by atoms with Crippen molar-refractivity contribution < 1.29 is 4.79 Å². The number of urea groups is 1. The third-order valence-electron chi connectivity index (χ3n) is 3.07. The standard InChI is InChI=1S/C13H18N2O/c1-4-15-8-11-6-5-10(9(2)3)7-12(11)14-13(15)16/h5-7,9H,4,8H2,1-3H3,(H,14,16). The highest BCUT2D eigenvalue weighted by molar-refractivity contribution is 5.92. The van der Waals surface area contributed by atoms with Crippen LogP contribution in [0.15, 0.2) is 18.2 Å². The molecule has 0 spiro atoms. The van der Waals surface area contributed by atoms with Gasteiger partial charge in [0.25, 0.3) is 0 Å². The largest absolute Gasteiger partial charge is 0.322 e. The molecule has 0 aromatic heterocycles. The topological polar surface area (TPSA) is 32.3 Å². The van der Waals surface area contributed by atoms with E-state index in [0.29, 0.717) is 5.92 Å². The number of fused-ring (bicyclic) bond motifs is 1. The number of nitrogens with zero attached hydrogens (tertiary/aromatic N) is 1. The van der Waals surface area contributed by atoms with Crippen molar-refractivity contribution in [3.8, 4) is 0 Å². The molecule has 86 valence electrons. The van der Waals surface area contributed by atoms with E-state index < -0.39 is 0 Å². The first-order valence-corrected chi connectivity index (χ1v) is 5.80. The predicted octanol–water partition coefficient (Wildman–Crippen LogP) is 3.18. The van der Waals surface area contributed by atoms with Gasteiger partial charge < -0.3 is 10.2 Å². The zero-order chi connectivity index (χ0) is 11.7. The SMILES string of the molecule is CCN1Cc2ccc(C(C)C)cc2NC1=O. The zero-order valence-corrected chi connectivity index (χ0v) is 10.1. The van der Waals surface area contributed by atoms with Crippen molar-refractivity contribution in [1.29, 1.82) is 0 Å². The number of nitrogens with one attached hydrogen (secondary N) is 1. The summed E-state index contributed by atoms with van der Waals surface area (Å²) in [6.45, 7) is 7.77. The normalized spacial score (nSPS) is 15.0. The van der Waals surface area contributed by atoms with E-state index in [9.17, 15) is 4.79 Å². The summed E-state index contributed by atoms with van der Waals surface area (Å²) in [5, 5.41) is 2.94. The van der Waals surface area contributed by atoms with Crippen LogP contribution in [0.4, 0.5) is 10.5 Å². The molecule has 1 aromatic carbocycles. The number of anilines is 1. The van der Waals surface area contributed by atoms with E-state index in [1.54, 1.807) is 4.90 Å². The summed E-state index contributed by atoms with van der Waals surface area (Å²) in [6, 6.07) is 6.36. The van der Waals surface area contributed by atoms with Crippen molar-refractivity contribution in [2.45, 2.75) is 33.2 Å². The van der Waals surface area contributed by atoms with Crippen LogP contribution < -0.4 is 5.32 Å². The molecule has 3 heteroatoms. The van der Waals surface area contributed by atoms with E-state index in [1.807, 2.05) is 6.92 Å².